The van der Waals surface area contributed by atoms with Crippen LogP contribution in [0.25, 0.3) is 0 Å². The summed E-state index contributed by atoms with van der Waals surface area (Å²) in [6.07, 6.45) is 8.41. The molecule has 0 aliphatic rings. The Morgan fingerprint density at radius 1 is 0.857 bits per heavy atom. The summed E-state index contributed by atoms with van der Waals surface area (Å²) in [5.74, 6) is 1.12. The molecular formula is C25H37N2P. The first-order chi connectivity index (χ1) is 13.5. The summed E-state index contributed by atoms with van der Waals surface area (Å²) < 4.78 is 5.32. The first-order valence-corrected chi connectivity index (χ1v) is 12.4. The molecule has 0 aliphatic heterocycles. The summed E-state index contributed by atoms with van der Waals surface area (Å²) in [6, 6.07) is 15.3. The molecule has 0 bridgehead atoms. The van der Waals surface area contributed by atoms with Crippen LogP contribution in [0.4, 0.5) is 5.69 Å². The second kappa shape index (κ2) is 12.0. The van der Waals surface area contributed by atoms with E-state index in [0.29, 0.717) is 0 Å². The highest BCUT2D eigenvalue weighted by Gasteiger charge is 2.12. The molecule has 0 saturated carbocycles. The number of aryl methyl sites for hydroxylation is 3. The Balaban J connectivity index is 2.30. The van der Waals surface area contributed by atoms with Crippen molar-refractivity contribution in [1.29, 1.82) is 0 Å². The van der Waals surface area contributed by atoms with Gasteiger partial charge in [0.15, 0.2) is 0 Å². The monoisotopic (exact) mass is 396 g/mol. The van der Waals surface area contributed by atoms with Gasteiger partial charge in [-0.2, -0.15) is 0 Å². The molecule has 2 rings (SSSR count). The predicted molar refractivity (Wildman–Crippen MR) is 128 cm³/mol. The van der Waals surface area contributed by atoms with Crippen LogP contribution in [-0.2, 0) is 6.42 Å². The Labute approximate surface area is 173 Å². The Morgan fingerprint density at radius 2 is 1.43 bits per heavy atom. The summed E-state index contributed by atoms with van der Waals surface area (Å²) in [7, 11) is -0.304. The topological polar surface area (TPSA) is 24.4 Å². The minimum absolute atomic E-state index is 0.304. The van der Waals surface area contributed by atoms with Gasteiger partial charge >= 0.3 is 0 Å². The lowest BCUT2D eigenvalue weighted by Gasteiger charge is -2.19. The Hall–Kier alpha value is -1.66. The quantitative estimate of drug-likeness (QED) is 0.249. The molecular weight excluding hydrogens is 359 g/mol. The van der Waals surface area contributed by atoms with Crippen molar-refractivity contribution in [2.75, 3.05) is 17.6 Å². The standard InChI is InChI=1S/C25H37N2P/c1-6-8-17-28(18-9-7-2)27-24(19-23-15-13-20(3)14-16-23)26-25-21(4)11-10-12-22(25)5/h10-16H,6-9,17-19H2,1-5H3,(H,26,27). The van der Waals surface area contributed by atoms with E-state index in [1.807, 2.05) is 0 Å². The number of hydrogen-bond acceptors (Lipinski definition) is 1. The lowest BCUT2D eigenvalue weighted by Crippen LogP contribution is -2.17. The van der Waals surface area contributed by atoms with E-state index < -0.39 is 0 Å². The lowest BCUT2D eigenvalue weighted by atomic mass is 10.1. The van der Waals surface area contributed by atoms with Crippen molar-refractivity contribution in [2.45, 2.75) is 66.7 Å². The molecule has 0 aliphatic carbocycles. The lowest BCUT2D eigenvalue weighted by molar-refractivity contribution is 0.867. The van der Waals surface area contributed by atoms with Crippen LogP contribution in [0.2, 0.25) is 0 Å². The minimum Gasteiger partial charge on any atom is -0.343 e. The Bertz CT molecular complexity index is 721. The molecule has 0 spiro atoms. The number of hydrogen-bond donors (Lipinski definition) is 1. The van der Waals surface area contributed by atoms with E-state index >= 15 is 0 Å². The van der Waals surface area contributed by atoms with Gasteiger partial charge < -0.3 is 5.32 Å². The first kappa shape index (κ1) is 22.6. The highest BCUT2D eigenvalue weighted by Crippen LogP contribution is 2.40. The number of amidine groups is 1. The van der Waals surface area contributed by atoms with Gasteiger partial charge in [-0.3, -0.25) is 0 Å². The molecule has 0 amide bonds. The number of nitrogens with zero attached hydrogens (tertiary/aromatic N) is 1. The number of anilines is 1. The molecule has 0 unspecified atom stereocenters. The van der Waals surface area contributed by atoms with Gasteiger partial charge in [0.25, 0.3) is 0 Å². The molecule has 0 atom stereocenters. The third kappa shape index (κ3) is 7.40. The van der Waals surface area contributed by atoms with Crippen LogP contribution >= 0.6 is 8.07 Å². The average molecular weight is 397 g/mol. The van der Waals surface area contributed by atoms with E-state index in [4.69, 9.17) is 4.76 Å². The van der Waals surface area contributed by atoms with Gasteiger partial charge in [0, 0.05) is 20.2 Å². The maximum Gasteiger partial charge on any atom is 0.109 e. The Kier molecular flexibility index (Phi) is 9.71. The fraction of sp³-hybridized carbons (Fsp3) is 0.480. The van der Waals surface area contributed by atoms with Gasteiger partial charge in [-0.15, -0.1) is 0 Å². The van der Waals surface area contributed by atoms with Crippen molar-refractivity contribution in [1.82, 2.24) is 0 Å². The predicted octanol–water partition coefficient (Wildman–Crippen LogP) is 7.66. The number of rotatable bonds is 10. The van der Waals surface area contributed by atoms with Crippen LogP contribution in [0, 0.1) is 20.8 Å². The maximum atomic E-state index is 5.32. The Morgan fingerprint density at radius 3 is 1.96 bits per heavy atom. The average Bonchev–Trinajstić information content (AvgIpc) is 2.68. The number of unbranched alkanes of at least 4 members (excludes halogenated alkanes) is 2. The molecule has 0 heterocycles. The van der Waals surface area contributed by atoms with Crippen molar-refractivity contribution in [3.63, 3.8) is 0 Å². The molecule has 2 aromatic carbocycles. The van der Waals surface area contributed by atoms with Crippen LogP contribution in [0.1, 0.15) is 61.8 Å². The van der Waals surface area contributed by atoms with Crippen molar-refractivity contribution >= 4 is 19.6 Å². The summed E-state index contributed by atoms with van der Waals surface area (Å²) in [6.45, 7) is 11.0. The highest BCUT2D eigenvalue weighted by atomic mass is 31.1. The maximum absolute atomic E-state index is 5.32. The number of nitrogens with one attached hydrogen (secondary N) is 1. The second-order valence-corrected chi connectivity index (χ2v) is 9.87. The van der Waals surface area contributed by atoms with Crippen molar-refractivity contribution < 1.29 is 0 Å². The summed E-state index contributed by atoms with van der Waals surface area (Å²) in [5.41, 5.74) is 6.41. The summed E-state index contributed by atoms with van der Waals surface area (Å²) in [4.78, 5) is 0. The van der Waals surface area contributed by atoms with Gasteiger partial charge in [0.05, 0.1) is 0 Å². The second-order valence-electron chi connectivity index (χ2n) is 7.76. The molecule has 1 N–H and O–H groups in total. The smallest absolute Gasteiger partial charge is 0.109 e. The molecule has 0 saturated heterocycles. The van der Waals surface area contributed by atoms with E-state index in [2.05, 4.69) is 82.4 Å². The zero-order chi connectivity index (χ0) is 20.4. The fourth-order valence-corrected chi connectivity index (χ4v) is 5.47. The summed E-state index contributed by atoms with van der Waals surface area (Å²) >= 11 is 0. The first-order valence-electron chi connectivity index (χ1n) is 10.7. The molecule has 2 nitrogen and oxygen atoms in total. The van der Waals surface area contributed by atoms with Crippen molar-refractivity contribution in [3.8, 4) is 0 Å². The number of para-hydroxylation sites is 1. The van der Waals surface area contributed by atoms with E-state index in [1.165, 1.54) is 65.9 Å². The molecule has 0 radical (unpaired) electrons. The highest BCUT2D eigenvalue weighted by molar-refractivity contribution is 7.56. The molecule has 0 fully saturated rings. The van der Waals surface area contributed by atoms with Gasteiger partial charge in [-0.25, -0.2) is 4.76 Å². The molecule has 3 heteroatoms. The molecule has 2 aromatic rings. The minimum atomic E-state index is -0.304. The van der Waals surface area contributed by atoms with Gasteiger partial charge in [0.2, 0.25) is 0 Å². The van der Waals surface area contributed by atoms with E-state index in [-0.39, 0.29) is 8.07 Å². The van der Waals surface area contributed by atoms with Crippen molar-refractivity contribution in [3.05, 3.63) is 64.7 Å². The fourth-order valence-electron chi connectivity index (χ4n) is 3.22. The SMILES string of the molecule is CCCCP(CCCC)N=C(Cc1ccc(C)cc1)Nc1c(C)cccc1C. The molecule has 28 heavy (non-hydrogen) atoms. The third-order valence-corrected chi connectivity index (χ3v) is 7.23. The largest absolute Gasteiger partial charge is 0.343 e. The van der Waals surface area contributed by atoms with Crippen LogP contribution in [0.3, 0.4) is 0 Å². The van der Waals surface area contributed by atoms with Crippen LogP contribution in [0.5, 0.6) is 0 Å². The third-order valence-electron chi connectivity index (χ3n) is 5.04. The van der Waals surface area contributed by atoms with Gasteiger partial charge in [-0.1, -0.05) is 74.7 Å². The van der Waals surface area contributed by atoms with E-state index in [9.17, 15) is 0 Å². The molecule has 0 aromatic heterocycles. The van der Waals surface area contributed by atoms with Gasteiger partial charge in [-0.05, 0) is 62.6 Å². The van der Waals surface area contributed by atoms with Crippen LogP contribution in [-0.4, -0.2) is 18.2 Å². The molecule has 152 valence electrons. The van der Waals surface area contributed by atoms with Gasteiger partial charge in [0.1, 0.15) is 5.84 Å². The summed E-state index contributed by atoms with van der Waals surface area (Å²) in [5, 5.41) is 3.73. The normalized spacial score (nSPS) is 11.9. The van der Waals surface area contributed by atoms with Crippen LogP contribution < -0.4 is 5.32 Å². The van der Waals surface area contributed by atoms with Crippen LogP contribution in [0.15, 0.2) is 47.2 Å². The van der Waals surface area contributed by atoms with Crippen molar-refractivity contribution in [2.24, 2.45) is 4.76 Å². The zero-order valence-corrected chi connectivity index (χ0v) is 19.3. The number of benzene rings is 2. The van der Waals surface area contributed by atoms with E-state index in [1.54, 1.807) is 0 Å². The zero-order valence-electron chi connectivity index (χ0n) is 18.4. The van der Waals surface area contributed by atoms with E-state index in [0.717, 1.165) is 12.3 Å².